The molecule has 0 aliphatic heterocycles. The normalized spacial score (nSPS) is 11.1. The molecule has 0 aromatic carbocycles. The first-order valence-corrected chi connectivity index (χ1v) is 7.83. The minimum absolute atomic E-state index is 0.548. The molecule has 5 rings (SSSR count). The van der Waals surface area contributed by atoms with Crippen LogP contribution in [0.1, 0.15) is 0 Å². The molecule has 0 radical (unpaired) electrons. The van der Waals surface area contributed by atoms with E-state index in [2.05, 4.69) is 35.6 Å². The van der Waals surface area contributed by atoms with Gasteiger partial charge in [-0.2, -0.15) is 10.2 Å². The van der Waals surface area contributed by atoms with Crippen LogP contribution in [-0.2, 0) is 0 Å². The van der Waals surface area contributed by atoms with E-state index in [-0.39, 0.29) is 0 Å². The van der Waals surface area contributed by atoms with Crippen LogP contribution in [0.15, 0.2) is 66.0 Å². The Morgan fingerprint density at radius 1 is 1.12 bits per heavy atom. The molecule has 9 nitrogen and oxygen atoms in total. The van der Waals surface area contributed by atoms with Crippen LogP contribution in [0.4, 0.5) is 11.5 Å². The quantitative estimate of drug-likeness (QED) is 0.515. The molecule has 0 unspecified atom stereocenters. The van der Waals surface area contributed by atoms with Gasteiger partial charge in [0.2, 0.25) is 0 Å². The highest BCUT2D eigenvalue weighted by molar-refractivity contribution is 5.88. The third-order valence-electron chi connectivity index (χ3n) is 3.81. The number of anilines is 2. The first kappa shape index (κ1) is 14.3. The first-order valence-electron chi connectivity index (χ1n) is 7.83. The van der Waals surface area contributed by atoms with E-state index in [1.807, 2.05) is 30.5 Å². The fourth-order valence-corrected chi connectivity index (χ4v) is 2.59. The van der Waals surface area contributed by atoms with Gasteiger partial charge in [-0.15, -0.1) is 0 Å². The van der Waals surface area contributed by atoms with E-state index in [0.29, 0.717) is 22.7 Å². The average molecular weight is 344 g/mol. The maximum absolute atomic E-state index is 5.13. The van der Waals surface area contributed by atoms with E-state index >= 15 is 0 Å². The van der Waals surface area contributed by atoms with Crippen LogP contribution in [0, 0.1) is 0 Å². The predicted octanol–water partition coefficient (Wildman–Crippen LogP) is 2.94. The molecule has 0 atom stereocenters. The summed E-state index contributed by atoms with van der Waals surface area (Å²) in [5, 5.41) is 14.6. The van der Waals surface area contributed by atoms with Crippen molar-refractivity contribution in [3.8, 4) is 17.2 Å². The van der Waals surface area contributed by atoms with E-state index in [9.17, 15) is 0 Å². The van der Waals surface area contributed by atoms with Crippen LogP contribution in [-0.4, -0.2) is 34.9 Å². The van der Waals surface area contributed by atoms with E-state index in [0.717, 1.165) is 17.1 Å². The summed E-state index contributed by atoms with van der Waals surface area (Å²) in [5.74, 6) is 1.88. The first-order chi connectivity index (χ1) is 12.9. The lowest BCUT2D eigenvalue weighted by molar-refractivity contribution is 0.568. The molecular weight excluding hydrogens is 332 g/mol. The Labute approximate surface area is 146 Å². The minimum Gasteiger partial charge on any atom is -0.472 e. The number of nitrogens with zero attached hydrogens (tertiary/aromatic N) is 6. The second-order valence-electron chi connectivity index (χ2n) is 5.52. The van der Waals surface area contributed by atoms with Crippen LogP contribution in [0.5, 0.6) is 0 Å². The van der Waals surface area contributed by atoms with Crippen molar-refractivity contribution in [3.05, 3.63) is 61.6 Å². The molecule has 5 aromatic heterocycles. The standard InChI is InChI=1S/C17H12N8O/c1-2-5-18-14(3-1)25-9-12(7-20-25)21-17-15-13(8-19-24-15)22-16(23-17)11-4-6-26-10-11/h1-10H,(H,19,24)(H,21,22,23). The average Bonchev–Trinajstić information content (AvgIpc) is 3.43. The Morgan fingerprint density at radius 3 is 2.96 bits per heavy atom. The smallest absolute Gasteiger partial charge is 0.165 e. The molecule has 0 aliphatic carbocycles. The second kappa shape index (κ2) is 5.81. The Kier molecular flexibility index (Phi) is 3.21. The van der Waals surface area contributed by atoms with Crippen LogP contribution in [0.3, 0.4) is 0 Å². The highest BCUT2D eigenvalue weighted by Gasteiger charge is 2.13. The molecule has 2 N–H and O–H groups in total. The largest absolute Gasteiger partial charge is 0.472 e. The van der Waals surface area contributed by atoms with E-state index < -0.39 is 0 Å². The summed E-state index contributed by atoms with van der Waals surface area (Å²) in [6.07, 6.45) is 10.1. The number of hydrogen-bond donors (Lipinski definition) is 2. The van der Waals surface area contributed by atoms with Gasteiger partial charge in [-0.1, -0.05) is 6.07 Å². The number of nitrogens with one attached hydrogen (secondary N) is 2. The van der Waals surface area contributed by atoms with E-state index in [4.69, 9.17) is 4.42 Å². The molecule has 0 fully saturated rings. The fraction of sp³-hybridized carbons (Fsp3) is 0. The molecule has 0 bridgehead atoms. The third kappa shape index (κ3) is 2.47. The van der Waals surface area contributed by atoms with Crippen molar-refractivity contribution in [2.75, 3.05) is 5.32 Å². The van der Waals surface area contributed by atoms with Crippen molar-refractivity contribution in [1.82, 2.24) is 34.9 Å². The molecule has 0 aliphatic rings. The van der Waals surface area contributed by atoms with E-state index in [1.165, 1.54) is 0 Å². The molecule has 0 saturated carbocycles. The monoisotopic (exact) mass is 344 g/mol. The SMILES string of the molecule is c1ccc(-n2cc(Nc3nc(-c4ccoc4)nc4cn[nH]c34)cn2)nc1. The van der Waals surface area contributed by atoms with Crippen LogP contribution in [0.2, 0.25) is 0 Å². The zero-order valence-corrected chi connectivity index (χ0v) is 13.4. The molecule has 126 valence electrons. The lowest BCUT2D eigenvalue weighted by atomic mass is 10.3. The maximum atomic E-state index is 5.13. The Bertz CT molecular complexity index is 1160. The summed E-state index contributed by atoms with van der Waals surface area (Å²) in [6.45, 7) is 0. The number of pyridine rings is 1. The van der Waals surface area contributed by atoms with Crippen LogP contribution in [0.25, 0.3) is 28.2 Å². The van der Waals surface area contributed by atoms with Gasteiger partial charge in [-0.25, -0.2) is 19.6 Å². The highest BCUT2D eigenvalue weighted by atomic mass is 16.3. The maximum Gasteiger partial charge on any atom is 0.165 e. The van der Waals surface area contributed by atoms with Crippen molar-refractivity contribution in [2.45, 2.75) is 0 Å². The summed E-state index contributed by atoms with van der Waals surface area (Å²) < 4.78 is 6.81. The molecule has 0 saturated heterocycles. The van der Waals surface area contributed by atoms with Gasteiger partial charge in [-0.05, 0) is 18.2 Å². The zero-order valence-electron chi connectivity index (χ0n) is 13.4. The highest BCUT2D eigenvalue weighted by Crippen LogP contribution is 2.26. The van der Waals surface area contributed by atoms with Gasteiger partial charge >= 0.3 is 0 Å². The summed E-state index contributed by atoms with van der Waals surface area (Å²) in [5.41, 5.74) is 2.97. The fourth-order valence-electron chi connectivity index (χ4n) is 2.59. The van der Waals surface area contributed by atoms with Crippen LogP contribution < -0.4 is 5.32 Å². The van der Waals surface area contributed by atoms with Gasteiger partial charge in [0, 0.05) is 6.20 Å². The summed E-state index contributed by atoms with van der Waals surface area (Å²) in [6, 6.07) is 7.46. The summed E-state index contributed by atoms with van der Waals surface area (Å²) in [4.78, 5) is 13.4. The van der Waals surface area contributed by atoms with E-state index in [1.54, 1.807) is 35.8 Å². The van der Waals surface area contributed by atoms with Gasteiger partial charge in [0.15, 0.2) is 17.5 Å². The van der Waals surface area contributed by atoms with Crippen molar-refractivity contribution < 1.29 is 4.42 Å². The molecular formula is C17H12N8O. The number of hydrogen-bond acceptors (Lipinski definition) is 7. The lowest BCUT2D eigenvalue weighted by Gasteiger charge is -2.05. The van der Waals surface area contributed by atoms with Gasteiger partial charge in [0.05, 0.1) is 36.1 Å². The molecule has 9 heteroatoms. The Morgan fingerprint density at radius 2 is 2.12 bits per heavy atom. The van der Waals surface area contributed by atoms with Crippen LogP contribution >= 0.6 is 0 Å². The number of fused-ring (bicyclic) bond motifs is 1. The van der Waals surface area contributed by atoms with Crippen molar-refractivity contribution in [3.63, 3.8) is 0 Å². The number of aromatic amines is 1. The Hall–Kier alpha value is -4.01. The predicted molar refractivity (Wildman–Crippen MR) is 94.0 cm³/mol. The summed E-state index contributed by atoms with van der Waals surface area (Å²) in [7, 11) is 0. The van der Waals surface area contributed by atoms with Crippen molar-refractivity contribution in [2.24, 2.45) is 0 Å². The number of aromatic nitrogens is 7. The topological polar surface area (TPSA) is 110 Å². The molecule has 0 amide bonds. The number of rotatable bonds is 4. The number of furan rings is 1. The Balaban J connectivity index is 1.53. The van der Waals surface area contributed by atoms with Gasteiger partial charge in [0.25, 0.3) is 0 Å². The van der Waals surface area contributed by atoms with Gasteiger partial charge in [-0.3, -0.25) is 5.10 Å². The van der Waals surface area contributed by atoms with Crippen molar-refractivity contribution in [1.29, 1.82) is 0 Å². The molecule has 26 heavy (non-hydrogen) atoms. The van der Waals surface area contributed by atoms with Gasteiger partial charge < -0.3 is 9.73 Å². The second-order valence-corrected chi connectivity index (χ2v) is 5.52. The lowest BCUT2D eigenvalue weighted by Crippen LogP contribution is -1.98. The number of H-pyrrole nitrogens is 1. The third-order valence-corrected chi connectivity index (χ3v) is 3.81. The minimum atomic E-state index is 0.548. The molecule has 0 spiro atoms. The molecule has 5 heterocycles. The molecule has 5 aromatic rings. The summed E-state index contributed by atoms with van der Waals surface area (Å²) >= 11 is 0. The van der Waals surface area contributed by atoms with Gasteiger partial charge in [0.1, 0.15) is 17.3 Å². The van der Waals surface area contributed by atoms with Crippen molar-refractivity contribution >= 4 is 22.5 Å². The zero-order chi connectivity index (χ0) is 17.3.